The molecule has 1 aromatic carbocycles. The van der Waals surface area contributed by atoms with Crippen molar-refractivity contribution in [1.29, 1.82) is 0 Å². The number of carboxylic acids is 1. The van der Waals surface area contributed by atoms with Crippen LogP contribution in [0.4, 0.5) is 0 Å². The molecule has 5 nitrogen and oxygen atoms in total. The van der Waals surface area contributed by atoms with E-state index in [1.807, 2.05) is 0 Å². The molecule has 0 aliphatic heterocycles. The summed E-state index contributed by atoms with van der Waals surface area (Å²) in [6.45, 7) is 0.200. The van der Waals surface area contributed by atoms with Crippen LogP contribution in [0.3, 0.4) is 0 Å². The zero-order valence-corrected chi connectivity index (χ0v) is 8.64. The molecule has 5 heteroatoms. The quantitative estimate of drug-likeness (QED) is 0.691. The van der Waals surface area contributed by atoms with Gasteiger partial charge in [0.05, 0.1) is 6.42 Å². The van der Waals surface area contributed by atoms with Crippen molar-refractivity contribution in [1.82, 2.24) is 5.32 Å². The molecule has 0 saturated carbocycles. The Morgan fingerprint density at radius 2 is 1.88 bits per heavy atom. The lowest BCUT2D eigenvalue weighted by Gasteiger charge is -2.05. The minimum Gasteiger partial charge on any atom is -0.508 e. The number of phenolic OH excluding ortho intramolecular Hbond substituents is 1. The van der Waals surface area contributed by atoms with Crippen LogP contribution in [0.25, 0.3) is 0 Å². The number of benzene rings is 1. The summed E-state index contributed by atoms with van der Waals surface area (Å²) < 4.78 is 0. The van der Waals surface area contributed by atoms with Crippen molar-refractivity contribution in [3.05, 3.63) is 29.8 Å². The van der Waals surface area contributed by atoms with Gasteiger partial charge in [-0.05, 0) is 6.07 Å². The van der Waals surface area contributed by atoms with Gasteiger partial charge in [0.2, 0.25) is 5.91 Å². The highest BCUT2D eigenvalue weighted by molar-refractivity contribution is 5.80. The van der Waals surface area contributed by atoms with Gasteiger partial charge in [-0.2, -0.15) is 0 Å². The van der Waals surface area contributed by atoms with Crippen molar-refractivity contribution in [2.45, 2.75) is 19.4 Å². The van der Waals surface area contributed by atoms with Gasteiger partial charge in [0.1, 0.15) is 5.75 Å². The number of para-hydroxylation sites is 1. The zero-order valence-electron chi connectivity index (χ0n) is 8.64. The Morgan fingerprint density at radius 3 is 2.50 bits per heavy atom. The second-order valence-corrected chi connectivity index (χ2v) is 3.30. The van der Waals surface area contributed by atoms with E-state index in [2.05, 4.69) is 5.32 Å². The predicted molar refractivity (Wildman–Crippen MR) is 56.8 cm³/mol. The smallest absolute Gasteiger partial charge is 0.303 e. The maximum Gasteiger partial charge on any atom is 0.303 e. The molecular formula is C11H13NO4. The highest BCUT2D eigenvalue weighted by atomic mass is 16.4. The van der Waals surface area contributed by atoms with Crippen LogP contribution in [-0.2, 0) is 16.1 Å². The molecule has 86 valence electrons. The van der Waals surface area contributed by atoms with Gasteiger partial charge in [0, 0.05) is 18.5 Å². The second-order valence-electron chi connectivity index (χ2n) is 3.30. The summed E-state index contributed by atoms with van der Waals surface area (Å²) in [6.07, 6.45) is -0.241. The molecule has 0 fully saturated rings. The SMILES string of the molecule is O=C(O)CCC(=O)NCc1ccccc1O. The maximum absolute atomic E-state index is 11.2. The summed E-state index contributed by atoms with van der Waals surface area (Å²) in [4.78, 5) is 21.4. The van der Waals surface area contributed by atoms with Gasteiger partial charge in [0.25, 0.3) is 0 Å². The van der Waals surface area contributed by atoms with Gasteiger partial charge in [-0.3, -0.25) is 9.59 Å². The molecule has 1 amide bonds. The summed E-state index contributed by atoms with van der Waals surface area (Å²) in [5.41, 5.74) is 0.603. The number of carbonyl (C=O) groups is 2. The number of amides is 1. The van der Waals surface area contributed by atoms with Crippen molar-refractivity contribution in [2.75, 3.05) is 0 Å². The van der Waals surface area contributed by atoms with E-state index in [0.717, 1.165) is 0 Å². The molecule has 0 bridgehead atoms. The van der Waals surface area contributed by atoms with Crippen LogP contribution in [0.1, 0.15) is 18.4 Å². The van der Waals surface area contributed by atoms with Crippen LogP contribution < -0.4 is 5.32 Å². The van der Waals surface area contributed by atoms with Crippen molar-refractivity contribution in [3.63, 3.8) is 0 Å². The molecule has 0 aliphatic rings. The fraction of sp³-hybridized carbons (Fsp3) is 0.273. The van der Waals surface area contributed by atoms with E-state index in [1.165, 1.54) is 6.07 Å². The van der Waals surface area contributed by atoms with Gasteiger partial charge in [-0.25, -0.2) is 0 Å². The Labute approximate surface area is 92.7 Å². The van der Waals surface area contributed by atoms with Crippen LogP contribution >= 0.6 is 0 Å². The van der Waals surface area contributed by atoms with E-state index in [0.29, 0.717) is 5.56 Å². The third-order valence-electron chi connectivity index (χ3n) is 2.03. The summed E-state index contributed by atoms with van der Waals surface area (Å²) in [6, 6.07) is 6.65. The Bertz CT molecular complexity index is 389. The zero-order chi connectivity index (χ0) is 12.0. The second kappa shape index (κ2) is 5.75. The highest BCUT2D eigenvalue weighted by Crippen LogP contribution is 2.14. The summed E-state index contributed by atoms with van der Waals surface area (Å²) in [5, 5.41) is 20.3. The molecule has 0 spiro atoms. The maximum atomic E-state index is 11.2. The first kappa shape index (κ1) is 12.0. The Hall–Kier alpha value is -2.04. The lowest BCUT2D eigenvalue weighted by Crippen LogP contribution is -2.23. The number of hydrogen-bond acceptors (Lipinski definition) is 3. The third kappa shape index (κ3) is 4.00. The van der Waals surface area contributed by atoms with E-state index in [1.54, 1.807) is 18.2 Å². The van der Waals surface area contributed by atoms with Gasteiger partial charge >= 0.3 is 5.97 Å². The van der Waals surface area contributed by atoms with Crippen molar-refractivity contribution < 1.29 is 19.8 Å². The number of nitrogens with one attached hydrogen (secondary N) is 1. The molecule has 0 unspecified atom stereocenters. The molecule has 16 heavy (non-hydrogen) atoms. The molecular weight excluding hydrogens is 210 g/mol. The first-order chi connectivity index (χ1) is 7.59. The number of rotatable bonds is 5. The van der Waals surface area contributed by atoms with Crippen LogP contribution in [-0.4, -0.2) is 22.1 Å². The number of carbonyl (C=O) groups excluding carboxylic acids is 1. The minimum absolute atomic E-state index is 0.0526. The molecule has 1 aromatic rings. The standard InChI is InChI=1S/C11H13NO4/c13-9-4-2-1-3-8(9)7-12-10(14)5-6-11(15)16/h1-4,13H,5-7H2,(H,12,14)(H,15,16). The average Bonchev–Trinajstić information content (AvgIpc) is 2.25. The fourth-order valence-corrected chi connectivity index (χ4v) is 1.16. The predicted octanol–water partition coefficient (Wildman–Crippen LogP) is 0.873. The monoisotopic (exact) mass is 223 g/mol. The fourth-order valence-electron chi connectivity index (χ4n) is 1.16. The van der Waals surface area contributed by atoms with E-state index in [4.69, 9.17) is 5.11 Å². The lowest BCUT2D eigenvalue weighted by atomic mass is 10.2. The molecule has 1 rings (SSSR count). The van der Waals surface area contributed by atoms with E-state index >= 15 is 0 Å². The Balaban J connectivity index is 2.37. The number of carboxylic acid groups (broad SMARTS) is 1. The summed E-state index contributed by atoms with van der Waals surface area (Å²) in [7, 11) is 0. The summed E-state index contributed by atoms with van der Waals surface area (Å²) in [5.74, 6) is -1.23. The van der Waals surface area contributed by atoms with Gasteiger partial charge in [-0.15, -0.1) is 0 Å². The number of phenols is 1. The molecule has 3 N–H and O–H groups in total. The van der Waals surface area contributed by atoms with Crippen molar-refractivity contribution >= 4 is 11.9 Å². The molecule has 0 atom stereocenters. The van der Waals surface area contributed by atoms with Gasteiger partial charge < -0.3 is 15.5 Å². The van der Waals surface area contributed by atoms with Crippen molar-refractivity contribution in [2.24, 2.45) is 0 Å². The minimum atomic E-state index is -1.00. The topological polar surface area (TPSA) is 86.6 Å². The van der Waals surface area contributed by atoms with Crippen LogP contribution in [0, 0.1) is 0 Å². The summed E-state index contributed by atoms with van der Waals surface area (Å²) >= 11 is 0. The number of hydrogen-bond donors (Lipinski definition) is 3. The largest absolute Gasteiger partial charge is 0.508 e. The van der Waals surface area contributed by atoms with Crippen LogP contribution in [0.5, 0.6) is 5.75 Å². The molecule has 0 radical (unpaired) electrons. The molecule has 0 aliphatic carbocycles. The van der Waals surface area contributed by atoms with Gasteiger partial charge in [0.15, 0.2) is 0 Å². The van der Waals surface area contributed by atoms with Gasteiger partial charge in [-0.1, -0.05) is 18.2 Å². The van der Waals surface area contributed by atoms with Crippen LogP contribution in [0.15, 0.2) is 24.3 Å². The third-order valence-corrected chi connectivity index (χ3v) is 2.03. The van der Waals surface area contributed by atoms with Crippen molar-refractivity contribution in [3.8, 4) is 5.75 Å². The molecule has 0 saturated heterocycles. The van der Waals surface area contributed by atoms with E-state index in [-0.39, 0.29) is 31.0 Å². The average molecular weight is 223 g/mol. The Kier molecular flexibility index (Phi) is 4.32. The normalized spacial score (nSPS) is 9.75. The Morgan fingerprint density at radius 1 is 1.19 bits per heavy atom. The molecule has 0 aromatic heterocycles. The van der Waals surface area contributed by atoms with E-state index < -0.39 is 5.97 Å². The van der Waals surface area contributed by atoms with E-state index in [9.17, 15) is 14.7 Å². The first-order valence-corrected chi connectivity index (χ1v) is 4.85. The number of aromatic hydroxyl groups is 1. The highest BCUT2D eigenvalue weighted by Gasteiger charge is 2.06. The van der Waals surface area contributed by atoms with Crippen LogP contribution in [0.2, 0.25) is 0 Å². The molecule has 0 heterocycles. The first-order valence-electron chi connectivity index (χ1n) is 4.85. The number of aliphatic carboxylic acids is 1. The lowest BCUT2D eigenvalue weighted by molar-refractivity contribution is -0.138.